The van der Waals surface area contributed by atoms with Gasteiger partial charge in [0.2, 0.25) is 5.91 Å². The number of para-hydroxylation sites is 1. The van der Waals surface area contributed by atoms with Gasteiger partial charge in [0.25, 0.3) is 0 Å². The van der Waals surface area contributed by atoms with Crippen LogP contribution in [0.25, 0.3) is 5.69 Å². The van der Waals surface area contributed by atoms with Gasteiger partial charge in [-0.25, -0.2) is 0 Å². The minimum Gasteiger partial charge on any atom is -0.333 e. The number of carbonyl (C=O) groups is 1. The lowest BCUT2D eigenvalue weighted by Crippen LogP contribution is -2.31. The molecule has 0 atom stereocenters. The fourth-order valence-corrected chi connectivity index (χ4v) is 5.02. The van der Waals surface area contributed by atoms with Gasteiger partial charge in [-0.2, -0.15) is 0 Å². The summed E-state index contributed by atoms with van der Waals surface area (Å²) in [5, 5.41) is 9.56. The molecule has 0 saturated heterocycles. The third-order valence-electron chi connectivity index (χ3n) is 4.62. The Morgan fingerprint density at radius 3 is 2.72 bits per heavy atom. The lowest BCUT2D eigenvalue weighted by molar-refractivity contribution is -0.128. The molecule has 0 spiro atoms. The van der Waals surface area contributed by atoms with Crippen molar-refractivity contribution in [2.75, 3.05) is 12.3 Å². The standard InChI is InChI=1S/C21H21ClN4OS2/c1-2-12-25(13-17-10-11-18(22)29-17)19(27)14-28-21-24-23-20(15-8-9-15)26(21)16-6-4-3-5-7-16/h2-7,10-11,15H,1,8-9,12-14H2. The Morgan fingerprint density at radius 1 is 1.28 bits per heavy atom. The number of rotatable bonds is 9. The summed E-state index contributed by atoms with van der Waals surface area (Å²) in [5.41, 5.74) is 1.03. The Hall–Kier alpha value is -2.09. The second-order valence-electron chi connectivity index (χ2n) is 6.84. The number of thioether (sulfide) groups is 1. The van der Waals surface area contributed by atoms with E-state index in [9.17, 15) is 4.79 Å². The van der Waals surface area contributed by atoms with Gasteiger partial charge in [0.1, 0.15) is 5.82 Å². The molecule has 2 heterocycles. The summed E-state index contributed by atoms with van der Waals surface area (Å²) in [5.74, 6) is 1.79. The van der Waals surface area contributed by atoms with Crippen LogP contribution in [0.5, 0.6) is 0 Å². The molecule has 0 unspecified atom stereocenters. The number of hydrogen-bond acceptors (Lipinski definition) is 5. The molecule has 8 heteroatoms. The maximum absolute atomic E-state index is 12.9. The molecule has 1 fully saturated rings. The maximum atomic E-state index is 12.9. The van der Waals surface area contributed by atoms with Crippen molar-refractivity contribution in [3.8, 4) is 5.69 Å². The molecule has 1 amide bonds. The van der Waals surface area contributed by atoms with Crippen LogP contribution in [-0.2, 0) is 11.3 Å². The molecular formula is C21H21ClN4OS2. The molecule has 5 nitrogen and oxygen atoms in total. The summed E-state index contributed by atoms with van der Waals surface area (Å²) < 4.78 is 2.82. The number of aromatic nitrogens is 3. The Bertz CT molecular complexity index is 997. The average molecular weight is 445 g/mol. The SMILES string of the molecule is C=CCN(Cc1ccc(Cl)s1)C(=O)CSc1nnc(C2CC2)n1-c1ccccc1. The highest BCUT2D eigenvalue weighted by Gasteiger charge is 2.31. The van der Waals surface area contributed by atoms with E-state index >= 15 is 0 Å². The lowest BCUT2D eigenvalue weighted by Gasteiger charge is -2.20. The predicted molar refractivity (Wildman–Crippen MR) is 119 cm³/mol. The van der Waals surface area contributed by atoms with Crippen molar-refractivity contribution < 1.29 is 4.79 Å². The molecule has 1 aliphatic rings. The van der Waals surface area contributed by atoms with Crippen LogP contribution < -0.4 is 0 Å². The summed E-state index contributed by atoms with van der Waals surface area (Å²) in [6, 6.07) is 13.9. The molecule has 0 aliphatic heterocycles. The van der Waals surface area contributed by atoms with Crippen molar-refractivity contribution in [2.24, 2.45) is 0 Å². The van der Waals surface area contributed by atoms with Gasteiger partial charge in [0, 0.05) is 23.0 Å². The van der Waals surface area contributed by atoms with Gasteiger partial charge in [-0.05, 0) is 37.1 Å². The molecule has 0 radical (unpaired) electrons. The molecule has 0 bridgehead atoms. The van der Waals surface area contributed by atoms with Gasteiger partial charge < -0.3 is 4.90 Å². The van der Waals surface area contributed by atoms with E-state index in [1.54, 1.807) is 11.0 Å². The topological polar surface area (TPSA) is 51.0 Å². The summed E-state index contributed by atoms with van der Waals surface area (Å²) in [4.78, 5) is 15.7. The van der Waals surface area contributed by atoms with Crippen molar-refractivity contribution >= 4 is 40.6 Å². The van der Waals surface area contributed by atoms with Crippen LogP contribution in [0.1, 0.15) is 29.5 Å². The summed E-state index contributed by atoms with van der Waals surface area (Å²) in [6.07, 6.45) is 4.03. The van der Waals surface area contributed by atoms with E-state index in [-0.39, 0.29) is 5.91 Å². The summed E-state index contributed by atoms with van der Waals surface area (Å²) in [7, 11) is 0. The normalized spacial score (nSPS) is 13.4. The van der Waals surface area contributed by atoms with Crippen LogP contribution in [0, 0.1) is 0 Å². The van der Waals surface area contributed by atoms with Crippen molar-refractivity contribution in [3.63, 3.8) is 0 Å². The third-order valence-corrected chi connectivity index (χ3v) is 6.75. The number of nitrogens with zero attached hydrogens (tertiary/aromatic N) is 4. The van der Waals surface area contributed by atoms with Gasteiger partial charge in [-0.15, -0.1) is 28.1 Å². The molecule has 0 N–H and O–H groups in total. The first-order valence-electron chi connectivity index (χ1n) is 9.42. The van der Waals surface area contributed by atoms with Crippen LogP contribution >= 0.6 is 34.7 Å². The van der Waals surface area contributed by atoms with Gasteiger partial charge in [-0.1, -0.05) is 47.6 Å². The lowest BCUT2D eigenvalue weighted by atomic mass is 10.3. The number of amides is 1. The van der Waals surface area contributed by atoms with E-state index in [1.807, 2.05) is 42.5 Å². The molecule has 1 saturated carbocycles. The van der Waals surface area contributed by atoms with Gasteiger partial charge in [0.15, 0.2) is 5.16 Å². The van der Waals surface area contributed by atoms with E-state index in [2.05, 4.69) is 21.3 Å². The van der Waals surface area contributed by atoms with E-state index in [1.165, 1.54) is 23.1 Å². The Balaban J connectivity index is 1.49. The van der Waals surface area contributed by atoms with Gasteiger partial charge in [0.05, 0.1) is 16.6 Å². The van der Waals surface area contributed by atoms with Gasteiger partial charge >= 0.3 is 0 Å². The van der Waals surface area contributed by atoms with Crippen LogP contribution in [0.2, 0.25) is 4.34 Å². The maximum Gasteiger partial charge on any atom is 0.233 e. The minimum absolute atomic E-state index is 0.0370. The van der Waals surface area contributed by atoms with Crippen molar-refractivity contribution in [1.29, 1.82) is 0 Å². The molecule has 150 valence electrons. The summed E-state index contributed by atoms with van der Waals surface area (Å²) in [6.45, 7) is 4.80. The highest BCUT2D eigenvalue weighted by atomic mass is 35.5. The number of thiophene rings is 1. The second-order valence-corrected chi connectivity index (χ2v) is 9.59. The predicted octanol–water partition coefficient (Wildman–Crippen LogP) is 5.17. The smallest absolute Gasteiger partial charge is 0.233 e. The molecular weight excluding hydrogens is 424 g/mol. The van der Waals surface area contributed by atoms with Crippen LogP contribution in [-0.4, -0.2) is 37.9 Å². The van der Waals surface area contributed by atoms with Crippen molar-refractivity contribution in [3.05, 3.63) is 70.2 Å². The fraction of sp³-hybridized carbons (Fsp3) is 0.286. The first-order valence-corrected chi connectivity index (χ1v) is 11.6. The Labute approximate surface area is 183 Å². The van der Waals surface area contributed by atoms with E-state index in [0.717, 1.165) is 38.7 Å². The first-order chi connectivity index (χ1) is 14.2. The van der Waals surface area contributed by atoms with Crippen molar-refractivity contribution in [1.82, 2.24) is 19.7 Å². The van der Waals surface area contributed by atoms with Crippen LogP contribution in [0.3, 0.4) is 0 Å². The van der Waals surface area contributed by atoms with Crippen molar-refractivity contribution in [2.45, 2.75) is 30.5 Å². The Kier molecular flexibility index (Phi) is 6.37. The number of halogens is 1. The first kappa shape index (κ1) is 20.2. The molecule has 1 aromatic carbocycles. The number of hydrogen-bond donors (Lipinski definition) is 0. The van der Waals surface area contributed by atoms with E-state index in [4.69, 9.17) is 11.6 Å². The second kappa shape index (κ2) is 9.15. The quantitative estimate of drug-likeness (QED) is 0.337. The highest BCUT2D eigenvalue weighted by Crippen LogP contribution is 2.41. The largest absolute Gasteiger partial charge is 0.333 e. The summed E-state index contributed by atoms with van der Waals surface area (Å²) >= 11 is 8.94. The fourth-order valence-electron chi connectivity index (χ4n) is 3.05. The zero-order chi connectivity index (χ0) is 20.2. The van der Waals surface area contributed by atoms with E-state index < -0.39 is 0 Å². The molecule has 1 aliphatic carbocycles. The number of carbonyl (C=O) groups excluding carboxylic acids is 1. The zero-order valence-corrected chi connectivity index (χ0v) is 18.2. The monoisotopic (exact) mass is 444 g/mol. The van der Waals surface area contributed by atoms with E-state index in [0.29, 0.717) is 24.8 Å². The zero-order valence-electron chi connectivity index (χ0n) is 15.8. The molecule has 4 rings (SSSR count). The third kappa shape index (κ3) is 4.91. The average Bonchev–Trinajstić information content (AvgIpc) is 3.36. The minimum atomic E-state index is 0.0370. The molecule has 3 aromatic rings. The molecule has 29 heavy (non-hydrogen) atoms. The highest BCUT2D eigenvalue weighted by molar-refractivity contribution is 7.99. The molecule has 2 aromatic heterocycles. The Morgan fingerprint density at radius 2 is 2.07 bits per heavy atom. The van der Waals surface area contributed by atoms with Crippen LogP contribution in [0.15, 0.2) is 60.3 Å². The van der Waals surface area contributed by atoms with Gasteiger partial charge in [-0.3, -0.25) is 9.36 Å². The van der Waals surface area contributed by atoms with Crippen LogP contribution in [0.4, 0.5) is 0 Å². The number of benzene rings is 1.